The topological polar surface area (TPSA) is 50.2 Å². The molecule has 13 heavy (non-hydrogen) atoms. The lowest BCUT2D eigenvalue weighted by atomic mass is 10.1. The molecule has 0 fully saturated rings. The number of carboxylic acids is 1. The van der Waals surface area contributed by atoms with Crippen molar-refractivity contribution >= 4 is 17.6 Å². The Hall–Kier alpha value is -1.09. The van der Waals surface area contributed by atoms with Gasteiger partial charge in [-0.25, -0.2) is 9.78 Å². The van der Waals surface area contributed by atoms with Crippen LogP contribution in [0, 0.1) is 0 Å². The average Bonchev–Trinajstić information content (AvgIpc) is 2.16. The highest BCUT2D eigenvalue weighted by Gasteiger charge is 2.10. The number of alkyl halides is 1. The van der Waals surface area contributed by atoms with Gasteiger partial charge in [-0.05, 0) is 17.5 Å². The minimum absolute atomic E-state index is 0.122. The van der Waals surface area contributed by atoms with Crippen LogP contribution in [0.4, 0.5) is 0 Å². The molecule has 0 aliphatic rings. The molecule has 1 aromatic heterocycles. The highest BCUT2D eigenvalue weighted by molar-refractivity contribution is 6.17. The maximum absolute atomic E-state index is 10.7. The Morgan fingerprint density at radius 2 is 2.38 bits per heavy atom. The fraction of sp³-hybridized carbons (Fsp3) is 0.333. The van der Waals surface area contributed by atoms with E-state index in [9.17, 15) is 4.79 Å². The largest absolute Gasteiger partial charge is 0.477 e. The van der Waals surface area contributed by atoms with Crippen LogP contribution in [-0.4, -0.2) is 16.1 Å². The zero-order valence-corrected chi connectivity index (χ0v) is 8.01. The van der Waals surface area contributed by atoms with E-state index < -0.39 is 5.97 Å². The van der Waals surface area contributed by atoms with Gasteiger partial charge in [-0.1, -0.05) is 13.0 Å². The molecule has 0 bridgehead atoms. The summed E-state index contributed by atoms with van der Waals surface area (Å²) < 4.78 is 0. The van der Waals surface area contributed by atoms with Gasteiger partial charge in [-0.3, -0.25) is 0 Å². The van der Waals surface area contributed by atoms with E-state index in [2.05, 4.69) is 4.98 Å². The molecule has 0 atom stereocenters. The molecule has 0 aliphatic heterocycles. The van der Waals surface area contributed by atoms with E-state index in [4.69, 9.17) is 16.7 Å². The first-order chi connectivity index (χ1) is 6.19. The summed E-state index contributed by atoms with van der Waals surface area (Å²) in [6, 6.07) is 1.78. The highest BCUT2D eigenvalue weighted by Crippen LogP contribution is 2.11. The van der Waals surface area contributed by atoms with Gasteiger partial charge in [0.2, 0.25) is 0 Å². The van der Waals surface area contributed by atoms with Crippen LogP contribution in [-0.2, 0) is 12.3 Å². The summed E-state index contributed by atoms with van der Waals surface area (Å²) in [4.78, 5) is 14.5. The summed E-state index contributed by atoms with van der Waals surface area (Å²) >= 11 is 5.60. The molecule has 1 rings (SSSR count). The molecular formula is C9H10ClNO2. The zero-order chi connectivity index (χ0) is 9.84. The number of nitrogens with zero attached hydrogens (tertiary/aromatic N) is 1. The Morgan fingerprint density at radius 1 is 1.69 bits per heavy atom. The van der Waals surface area contributed by atoms with E-state index in [1.807, 2.05) is 6.92 Å². The van der Waals surface area contributed by atoms with Gasteiger partial charge in [0.05, 0.1) is 0 Å². The van der Waals surface area contributed by atoms with Crippen LogP contribution in [0.2, 0.25) is 0 Å². The fourth-order valence-electron chi connectivity index (χ4n) is 1.09. The average molecular weight is 200 g/mol. The van der Waals surface area contributed by atoms with E-state index >= 15 is 0 Å². The van der Waals surface area contributed by atoms with Crippen molar-refractivity contribution in [2.24, 2.45) is 0 Å². The molecule has 0 saturated carbocycles. The second-order valence-electron chi connectivity index (χ2n) is 2.64. The predicted octanol–water partition coefficient (Wildman–Crippen LogP) is 2.08. The summed E-state index contributed by atoms with van der Waals surface area (Å²) in [5.74, 6) is -0.627. The fourth-order valence-corrected chi connectivity index (χ4v) is 1.24. The second kappa shape index (κ2) is 4.23. The van der Waals surface area contributed by atoms with Gasteiger partial charge < -0.3 is 5.11 Å². The van der Waals surface area contributed by atoms with Crippen LogP contribution in [0.5, 0.6) is 0 Å². The number of pyridine rings is 1. The predicted molar refractivity (Wildman–Crippen MR) is 50.1 cm³/mol. The van der Waals surface area contributed by atoms with Crippen LogP contribution in [0.25, 0.3) is 0 Å². The lowest BCUT2D eigenvalue weighted by molar-refractivity contribution is 0.0689. The first-order valence-electron chi connectivity index (χ1n) is 3.96. The van der Waals surface area contributed by atoms with E-state index in [-0.39, 0.29) is 5.69 Å². The van der Waals surface area contributed by atoms with Crippen molar-refractivity contribution in [3.05, 3.63) is 29.1 Å². The van der Waals surface area contributed by atoms with E-state index in [1.54, 1.807) is 6.07 Å². The Labute approximate surface area is 81.4 Å². The van der Waals surface area contributed by atoms with Gasteiger partial charge in [0, 0.05) is 12.1 Å². The third-order valence-corrected chi connectivity index (χ3v) is 2.07. The zero-order valence-electron chi connectivity index (χ0n) is 7.25. The smallest absolute Gasteiger partial charge is 0.354 e. The van der Waals surface area contributed by atoms with E-state index in [0.29, 0.717) is 12.3 Å². The van der Waals surface area contributed by atoms with Crippen LogP contribution in [0.1, 0.15) is 28.5 Å². The molecule has 0 radical (unpaired) electrons. The van der Waals surface area contributed by atoms with Crippen LogP contribution < -0.4 is 0 Å². The van der Waals surface area contributed by atoms with Crippen molar-refractivity contribution in [3.63, 3.8) is 0 Å². The summed E-state index contributed by atoms with van der Waals surface area (Å²) in [5, 5.41) is 8.76. The number of carbonyl (C=O) groups is 1. The maximum atomic E-state index is 10.7. The highest BCUT2D eigenvalue weighted by atomic mass is 35.5. The molecule has 0 aromatic carbocycles. The summed E-state index contributed by atoms with van der Waals surface area (Å²) in [7, 11) is 0. The van der Waals surface area contributed by atoms with Crippen LogP contribution in [0.3, 0.4) is 0 Å². The first-order valence-corrected chi connectivity index (χ1v) is 4.49. The molecule has 0 amide bonds. The standard InChI is InChI=1S/C9H10ClNO2/c1-2-7-3-6(4-10)5-11-8(7)9(12)13/h3,5H,2,4H2,1H3,(H,12,13). The lowest BCUT2D eigenvalue weighted by Gasteiger charge is -2.03. The quantitative estimate of drug-likeness (QED) is 0.759. The Balaban J connectivity index is 3.15. The van der Waals surface area contributed by atoms with Gasteiger partial charge >= 0.3 is 5.97 Å². The van der Waals surface area contributed by atoms with E-state index in [1.165, 1.54) is 6.20 Å². The lowest BCUT2D eigenvalue weighted by Crippen LogP contribution is -2.05. The minimum atomic E-state index is -0.988. The molecule has 1 aromatic rings. The molecule has 70 valence electrons. The van der Waals surface area contributed by atoms with Crippen molar-refractivity contribution in [3.8, 4) is 0 Å². The Kier molecular flexibility index (Phi) is 3.25. The number of aromatic nitrogens is 1. The molecule has 1 heterocycles. The second-order valence-corrected chi connectivity index (χ2v) is 2.91. The third-order valence-electron chi connectivity index (χ3n) is 1.76. The van der Waals surface area contributed by atoms with Gasteiger partial charge in [-0.15, -0.1) is 11.6 Å². The van der Waals surface area contributed by atoms with Crippen LogP contribution >= 0.6 is 11.6 Å². The van der Waals surface area contributed by atoms with Gasteiger partial charge in [0.25, 0.3) is 0 Å². The summed E-state index contributed by atoms with van der Waals surface area (Å²) in [5.41, 5.74) is 1.70. The van der Waals surface area contributed by atoms with Gasteiger partial charge in [0.1, 0.15) is 0 Å². The van der Waals surface area contributed by atoms with Gasteiger partial charge in [-0.2, -0.15) is 0 Å². The summed E-state index contributed by atoms with van der Waals surface area (Å²) in [6.07, 6.45) is 2.15. The minimum Gasteiger partial charge on any atom is -0.477 e. The normalized spacial score (nSPS) is 10.0. The van der Waals surface area contributed by atoms with Crippen molar-refractivity contribution < 1.29 is 9.90 Å². The van der Waals surface area contributed by atoms with Crippen molar-refractivity contribution in [1.82, 2.24) is 4.98 Å². The third kappa shape index (κ3) is 2.18. The molecule has 0 saturated heterocycles. The molecule has 3 nitrogen and oxygen atoms in total. The maximum Gasteiger partial charge on any atom is 0.354 e. The van der Waals surface area contributed by atoms with Crippen molar-refractivity contribution in [2.45, 2.75) is 19.2 Å². The number of aryl methyl sites for hydroxylation is 1. The summed E-state index contributed by atoms with van der Waals surface area (Å²) in [6.45, 7) is 1.89. The Morgan fingerprint density at radius 3 is 2.85 bits per heavy atom. The molecule has 0 unspecified atom stereocenters. The number of hydrogen-bond acceptors (Lipinski definition) is 2. The van der Waals surface area contributed by atoms with Gasteiger partial charge in [0.15, 0.2) is 5.69 Å². The van der Waals surface area contributed by atoms with Crippen molar-refractivity contribution in [2.75, 3.05) is 0 Å². The molecule has 0 spiro atoms. The number of halogens is 1. The molecule has 4 heteroatoms. The molecular weight excluding hydrogens is 190 g/mol. The Bertz CT molecular complexity index is 325. The molecule has 0 aliphatic carbocycles. The SMILES string of the molecule is CCc1cc(CCl)cnc1C(=O)O. The number of carboxylic acid groups (broad SMARTS) is 1. The number of hydrogen-bond donors (Lipinski definition) is 1. The van der Waals surface area contributed by atoms with E-state index in [0.717, 1.165) is 11.1 Å². The van der Waals surface area contributed by atoms with Crippen LogP contribution in [0.15, 0.2) is 12.3 Å². The number of aromatic carboxylic acids is 1. The molecule has 1 N–H and O–H groups in total. The number of rotatable bonds is 3. The van der Waals surface area contributed by atoms with Crippen molar-refractivity contribution in [1.29, 1.82) is 0 Å². The monoisotopic (exact) mass is 199 g/mol. The first kappa shape index (κ1) is 9.99.